The van der Waals surface area contributed by atoms with E-state index in [2.05, 4.69) is 16.7 Å². The van der Waals surface area contributed by atoms with Crippen molar-refractivity contribution in [3.05, 3.63) is 59.8 Å². The molecule has 1 aliphatic rings. The Morgan fingerprint density at radius 1 is 1.14 bits per heavy atom. The van der Waals surface area contributed by atoms with Crippen LogP contribution < -0.4 is 10.6 Å². The van der Waals surface area contributed by atoms with Gasteiger partial charge in [0.25, 0.3) is 5.91 Å². The number of hydrogen-bond acceptors (Lipinski definition) is 2. The molecule has 2 heterocycles. The molecule has 0 radical (unpaired) electrons. The first-order chi connectivity index (χ1) is 10.1. The highest BCUT2D eigenvalue weighted by molar-refractivity contribution is 6.11. The van der Waals surface area contributed by atoms with Crippen LogP contribution in [0.2, 0.25) is 0 Å². The number of anilines is 2. The highest BCUT2D eigenvalue weighted by Crippen LogP contribution is 2.32. The van der Waals surface area contributed by atoms with E-state index < -0.39 is 0 Å². The summed E-state index contributed by atoms with van der Waals surface area (Å²) < 4.78 is 2.06. The lowest BCUT2D eigenvalue weighted by Crippen LogP contribution is -2.22. The predicted octanol–water partition coefficient (Wildman–Crippen LogP) is 2.92. The van der Waals surface area contributed by atoms with E-state index >= 15 is 0 Å². The molecule has 2 N–H and O–H groups in total. The maximum absolute atomic E-state index is 12.6. The molecular weight excluding hydrogens is 262 g/mol. The second-order valence-electron chi connectivity index (χ2n) is 5.43. The van der Waals surface area contributed by atoms with Crippen LogP contribution in [0, 0.1) is 0 Å². The molecule has 4 nitrogen and oxygen atoms in total. The van der Waals surface area contributed by atoms with Gasteiger partial charge in [0, 0.05) is 41.3 Å². The van der Waals surface area contributed by atoms with Crippen LogP contribution in [0.3, 0.4) is 0 Å². The summed E-state index contributed by atoms with van der Waals surface area (Å²) in [6.07, 6.45) is 2.02. The van der Waals surface area contributed by atoms with Gasteiger partial charge < -0.3 is 15.2 Å². The number of rotatable bonds is 1. The van der Waals surface area contributed by atoms with E-state index in [1.165, 1.54) is 5.39 Å². The second kappa shape index (κ2) is 4.12. The molecule has 0 unspecified atom stereocenters. The molecule has 4 rings (SSSR count). The highest BCUT2D eigenvalue weighted by atomic mass is 16.2. The molecule has 0 saturated heterocycles. The van der Waals surface area contributed by atoms with Crippen LogP contribution in [-0.4, -0.2) is 10.5 Å². The number of fused-ring (bicyclic) bond motifs is 2. The van der Waals surface area contributed by atoms with Crippen molar-refractivity contribution < 1.29 is 4.79 Å². The van der Waals surface area contributed by atoms with Crippen molar-refractivity contribution >= 4 is 28.2 Å². The van der Waals surface area contributed by atoms with Gasteiger partial charge in [-0.05, 0) is 35.7 Å². The predicted molar refractivity (Wildman–Crippen MR) is 84.3 cm³/mol. The molecule has 2 aromatic carbocycles. The zero-order valence-corrected chi connectivity index (χ0v) is 11.7. The minimum absolute atomic E-state index is 0.0193. The molecule has 0 saturated carbocycles. The summed E-state index contributed by atoms with van der Waals surface area (Å²) in [6.45, 7) is 0.538. The van der Waals surface area contributed by atoms with Gasteiger partial charge >= 0.3 is 0 Å². The number of amides is 1. The minimum Gasteiger partial charge on any atom is -0.398 e. The summed E-state index contributed by atoms with van der Waals surface area (Å²) in [4.78, 5) is 14.4. The van der Waals surface area contributed by atoms with Gasteiger partial charge in [-0.3, -0.25) is 4.79 Å². The van der Waals surface area contributed by atoms with Crippen LogP contribution >= 0.6 is 0 Å². The minimum atomic E-state index is 0.0193. The average Bonchev–Trinajstić information content (AvgIpc) is 3.02. The Kier molecular flexibility index (Phi) is 2.36. The summed E-state index contributed by atoms with van der Waals surface area (Å²) in [5, 5.41) is 1.17. The Morgan fingerprint density at radius 2 is 2.00 bits per heavy atom. The normalized spacial score (nSPS) is 14.0. The molecule has 0 fully saturated rings. The van der Waals surface area contributed by atoms with Gasteiger partial charge in [0.1, 0.15) is 0 Å². The topological polar surface area (TPSA) is 51.3 Å². The zero-order chi connectivity index (χ0) is 14.6. The Labute approximate surface area is 122 Å². The molecule has 0 aliphatic carbocycles. The van der Waals surface area contributed by atoms with E-state index in [-0.39, 0.29) is 5.91 Å². The first kappa shape index (κ1) is 12.0. The zero-order valence-electron chi connectivity index (χ0n) is 11.7. The van der Waals surface area contributed by atoms with Gasteiger partial charge in [0.05, 0.1) is 6.54 Å². The smallest absolute Gasteiger partial charge is 0.259 e. The lowest BCUT2D eigenvalue weighted by molar-refractivity contribution is 0.0996. The Balaban J connectivity index is 1.82. The fraction of sp³-hybridized carbons (Fsp3) is 0.118. The van der Waals surface area contributed by atoms with Crippen LogP contribution in [0.5, 0.6) is 0 Å². The molecule has 0 bridgehead atoms. The van der Waals surface area contributed by atoms with Crippen LogP contribution in [-0.2, 0) is 13.6 Å². The third kappa shape index (κ3) is 1.65. The highest BCUT2D eigenvalue weighted by Gasteiger charge is 2.29. The van der Waals surface area contributed by atoms with Crippen LogP contribution in [0.1, 0.15) is 15.9 Å². The molecule has 1 aliphatic heterocycles. The molecule has 0 atom stereocenters. The van der Waals surface area contributed by atoms with Crippen LogP contribution in [0.4, 0.5) is 11.4 Å². The van der Waals surface area contributed by atoms with E-state index in [1.54, 1.807) is 4.90 Å². The Morgan fingerprint density at radius 3 is 2.81 bits per heavy atom. The Hall–Kier alpha value is -2.75. The van der Waals surface area contributed by atoms with Gasteiger partial charge in [-0.15, -0.1) is 0 Å². The van der Waals surface area contributed by atoms with E-state index in [0.29, 0.717) is 17.8 Å². The van der Waals surface area contributed by atoms with Crippen molar-refractivity contribution in [1.82, 2.24) is 4.57 Å². The number of nitrogens with zero attached hydrogens (tertiary/aromatic N) is 2. The molecule has 1 aromatic heterocycles. The number of nitrogen functional groups attached to an aromatic ring is 1. The SMILES string of the molecule is Cn1ccc2ccc(N3Cc4c(N)cccc4C3=O)cc21. The van der Waals surface area contributed by atoms with Crippen molar-refractivity contribution in [3.8, 4) is 0 Å². The van der Waals surface area contributed by atoms with E-state index in [0.717, 1.165) is 16.8 Å². The number of carbonyl (C=O) groups is 1. The lowest BCUT2D eigenvalue weighted by atomic mass is 10.1. The number of benzene rings is 2. The average molecular weight is 277 g/mol. The van der Waals surface area contributed by atoms with E-state index in [1.807, 2.05) is 43.6 Å². The summed E-state index contributed by atoms with van der Waals surface area (Å²) in [6, 6.07) is 13.7. The van der Waals surface area contributed by atoms with Gasteiger partial charge in [-0.25, -0.2) is 0 Å². The third-order valence-corrected chi connectivity index (χ3v) is 4.19. The monoisotopic (exact) mass is 277 g/mol. The number of aryl methyl sites for hydroxylation is 1. The first-order valence-electron chi connectivity index (χ1n) is 6.89. The number of carbonyl (C=O) groups excluding carboxylic acids is 1. The summed E-state index contributed by atoms with van der Waals surface area (Å²) in [7, 11) is 2.00. The van der Waals surface area contributed by atoms with Gasteiger partial charge in [-0.1, -0.05) is 12.1 Å². The van der Waals surface area contributed by atoms with Crippen molar-refractivity contribution in [2.45, 2.75) is 6.54 Å². The first-order valence-corrected chi connectivity index (χ1v) is 6.89. The van der Waals surface area contributed by atoms with Crippen molar-refractivity contribution in [3.63, 3.8) is 0 Å². The number of aromatic nitrogens is 1. The Bertz CT molecular complexity index is 879. The van der Waals surface area contributed by atoms with E-state index in [9.17, 15) is 4.79 Å². The summed E-state index contributed by atoms with van der Waals surface area (Å²) in [5.74, 6) is 0.0193. The molecule has 104 valence electrons. The lowest BCUT2D eigenvalue weighted by Gasteiger charge is -2.16. The fourth-order valence-electron chi connectivity index (χ4n) is 2.98. The second-order valence-corrected chi connectivity index (χ2v) is 5.43. The van der Waals surface area contributed by atoms with Crippen LogP contribution in [0.25, 0.3) is 10.9 Å². The van der Waals surface area contributed by atoms with Gasteiger partial charge in [0.15, 0.2) is 0 Å². The molecule has 21 heavy (non-hydrogen) atoms. The van der Waals surface area contributed by atoms with Gasteiger partial charge in [0.2, 0.25) is 0 Å². The summed E-state index contributed by atoms with van der Waals surface area (Å²) >= 11 is 0. The molecular formula is C17H15N3O. The van der Waals surface area contributed by atoms with Crippen molar-refractivity contribution in [2.75, 3.05) is 10.6 Å². The van der Waals surface area contributed by atoms with Crippen LogP contribution in [0.15, 0.2) is 48.7 Å². The largest absolute Gasteiger partial charge is 0.398 e. The van der Waals surface area contributed by atoms with Gasteiger partial charge in [-0.2, -0.15) is 0 Å². The standard InChI is InChI=1S/C17H15N3O/c1-19-8-7-11-5-6-12(9-16(11)19)20-10-14-13(17(20)21)3-2-4-15(14)18/h2-9H,10,18H2,1H3. The molecule has 0 spiro atoms. The third-order valence-electron chi connectivity index (χ3n) is 4.19. The fourth-order valence-corrected chi connectivity index (χ4v) is 2.98. The molecule has 3 aromatic rings. The molecule has 1 amide bonds. The summed E-state index contributed by atoms with van der Waals surface area (Å²) in [5.41, 5.74) is 10.3. The quantitative estimate of drug-likeness (QED) is 0.695. The number of hydrogen-bond donors (Lipinski definition) is 1. The maximum atomic E-state index is 12.6. The number of nitrogens with two attached hydrogens (primary N) is 1. The van der Waals surface area contributed by atoms with E-state index in [4.69, 9.17) is 5.73 Å². The maximum Gasteiger partial charge on any atom is 0.259 e. The van der Waals surface area contributed by atoms with Crippen molar-refractivity contribution in [2.24, 2.45) is 7.05 Å². The molecule has 4 heteroatoms. The van der Waals surface area contributed by atoms with Crippen molar-refractivity contribution in [1.29, 1.82) is 0 Å².